The summed E-state index contributed by atoms with van der Waals surface area (Å²) in [4.78, 5) is 16.5. The number of thioether (sulfide) groups is 1. The molecule has 0 spiro atoms. The molecule has 0 radical (unpaired) electrons. The highest BCUT2D eigenvalue weighted by Crippen LogP contribution is 2.34. The molecule has 0 unspecified atom stereocenters. The molecule has 2 aromatic rings. The third kappa shape index (κ3) is 13.2. The Morgan fingerprint density at radius 1 is 0.902 bits per heavy atom. The SMILES string of the molecule is Br.CCCCCCCCCCCCOc1ccc(NC(=O)Nc2cccc(CN3C=C(C)SC3)c2)cc1C(C)(C)C. The van der Waals surface area contributed by atoms with Crippen LogP contribution in [-0.4, -0.2) is 23.4 Å². The molecular weight excluding hydrogens is 594 g/mol. The molecule has 0 bridgehead atoms. The van der Waals surface area contributed by atoms with Crippen LogP contribution in [0.2, 0.25) is 0 Å². The summed E-state index contributed by atoms with van der Waals surface area (Å²) in [6.07, 6.45) is 15.3. The van der Waals surface area contributed by atoms with E-state index < -0.39 is 0 Å². The number of carbonyl (C=O) groups is 1. The van der Waals surface area contributed by atoms with Gasteiger partial charge < -0.3 is 20.3 Å². The van der Waals surface area contributed by atoms with Gasteiger partial charge in [-0.3, -0.25) is 0 Å². The minimum absolute atomic E-state index is 0. The minimum Gasteiger partial charge on any atom is -0.493 e. The lowest BCUT2D eigenvalue weighted by atomic mass is 9.86. The third-order valence-electron chi connectivity index (χ3n) is 7.19. The molecule has 0 fully saturated rings. The summed E-state index contributed by atoms with van der Waals surface area (Å²) in [7, 11) is 0. The first-order chi connectivity index (χ1) is 19.2. The van der Waals surface area contributed by atoms with Crippen LogP contribution in [0.4, 0.5) is 16.2 Å². The third-order valence-corrected chi connectivity index (χ3v) is 8.22. The Hall–Kier alpha value is -2.12. The lowest BCUT2D eigenvalue weighted by Gasteiger charge is -2.24. The monoisotopic (exact) mass is 645 g/mol. The predicted molar refractivity (Wildman–Crippen MR) is 184 cm³/mol. The Morgan fingerprint density at radius 2 is 1.54 bits per heavy atom. The van der Waals surface area contributed by atoms with Crippen LogP contribution in [0.5, 0.6) is 5.75 Å². The van der Waals surface area contributed by atoms with Crippen LogP contribution >= 0.6 is 28.7 Å². The fourth-order valence-corrected chi connectivity index (χ4v) is 5.73. The normalized spacial score (nSPS) is 13.0. The van der Waals surface area contributed by atoms with Crippen LogP contribution in [-0.2, 0) is 12.0 Å². The number of hydrogen-bond acceptors (Lipinski definition) is 4. The number of hydrogen-bond donors (Lipinski definition) is 2. The van der Waals surface area contributed by atoms with Gasteiger partial charge in [-0.05, 0) is 59.6 Å². The van der Waals surface area contributed by atoms with E-state index in [0.717, 1.165) is 48.1 Å². The second-order valence-corrected chi connectivity index (χ2v) is 13.2. The Bertz CT molecular complexity index is 1100. The highest BCUT2D eigenvalue weighted by molar-refractivity contribution is 8.93. The van der Waals surface area contributed by atoms with Crippen LogP contribution in [0.1, 0.15) is 110 Å². The number of nitrogens with zero attached hydrogens (tertiary/aromatic N) is 1. The quantitative estimate of drug-likeness (QED) is 0.178. The summed E-state index contributed by atoms with van der Waals surface area (Å²) in [5, 5.41) is 6.00. The summed E-state index contributed by atoms with van der Waals surface area (Å²) in [6.45, 7) is 12.5. The van der Waals surface area contributed by atoms with Crippen LogP contribution in [0.25, 0.3) is 0 Å². The fraction of sp³-hybridized carbons (Fsp3) is 0.559. The Balaban J connectivity index is 0.00000588. The Labute approximate surface area is 264 Å². The largest absolute Gasteiger partial charge is 0.493 e. The molecule has 1 heterocycles. The molecule has 228 valence electrons. The van der Waals surface area contributed by atoms with Crippen molar-refractivity contribution in [1.29, 1.82) is 0 Å². The summed E-state index contributed by atoms with van der Waals surface area (Å²) >= 11 is 1.85. The molecule has 2 amide bonds. The number of ether oxygens (including phenoxy) is 1. The van der Waals surface area contributed by atoms with Crippen molar-refractivity contribution in [3.63, 3.8) is 0 Å². The van der Waals surface area contributed by atoms with E-state index in [0.29, 0.717) is 0 Å². The smallest absolute Gasteiger partial charge is 0.323 e. The van der Waals surface area contributed by atoms with Crippen LogP contribution < -0.4 is 15.4 Å². The van der Waals surface area contributed by atoms with Gasteiger partial charge in [0.05, 0.1) is 12.5 Å². The molecular formula is C34H52BrN3O2S. The summed E-state index contributed by atoms with van der Waals surface area (Å²) in [6, 6.07) is 13.8. The second kappa shape index (κ2) is 18.4. The standard InChI is InChI=1S/C34H51N3O2S.BrH/c1-6-7-8-9-10-11-12-13-14-15-21-39-32-20-19-30(23-31(32)34(3,4)5)36-33(38)35-29-18-16-17-28(22-29)25-37-24-27(2)40-26-37;/h16-20,22-24H,6-15,21,25-26H2,1-5H3,(H2,35,36,38);1H. The topological polar surface area (TPSA) is 53.6 Å². The van der Waals surface area contributed by atoms with Crippen molar-refractivity contribution in [1.82, 2.24) is 4.90 Å². The molecule has 2 N–H and O–H groups in total. The van der Waals surface area contributed by atoms with Gasteiger partial charge in [0, 0.05) is 29.7 Å². The van der Waals surface area contributed by atoms with Crippen LogP contribution in [0.15, 0.2) is 53.6 Å². The summed E-state index contributed by atoms with van der Waals surface area (Å²) < 4.78 is 6.23. The zero-order valence-electron chi connectivity index (χ0n) is 25.9. The average Bonchev–Trinajstić information content (AvgIpc) is 3.31. The molecule has 41 heavy (non-hydrogen) atoms. The molecule has 0 aromatic heterocycles. The maximum absolute atomic E-state index is 12.8. The molecule has 1 aliphatic rings. The van der Waals surface area contributed by atoms with E-state index in [2.05, 4.69) is 62.4 Å². The number of allylic oxidation sites excluding steroid dienone is 1. The number of anilines is 2. The van der Waals surface area contributed by atoms with Gasteiger partial charge in [-0.25, -0.2) is 4.79 Å². The number of amides is 2. The molecule has 3 rings (SSSR count). The van der Waals surface area contributed by atoms with Crippen LogP contribution in [0.3, 0.4) is 0 Å². The van der Waals surface area contributed by atoms with Crippen molar-refractivity contribution in [2.75, 3.05) is 23.1 Å². The molecule has 0 atom stereocenters. The molecule has 0 aliphatic carbocycles. The maximum atomic E-state index is 12.8. The summed E-state index contributed by atoms with van der Waals surface area (Å²) in [5.41, 5.74) is 3.72. The number of carbonyl (C=O) groups excluding carboxylic acids is 1. The van der Waals surface area contributed by atoms with Gasteiger partial charge in [0.25, 0.3) is 0 Å². The van der Waals surface area contributed by atoms with Gasteiger partial charge in [0.15, 0.2) is 0 Å². The number of halogens is 1. The number of urea groups is 1. The highest BCUT2D eigenvalue weighted by atomic mass is 79.9. The number of nitrogens with one attached hydrogen (secondary N) is 2. The fourth-order valence-electron chi connectivity index (χ4n) is 4.97. The van der Waals surface area contributed by atoms with Crippen molar-refractivity contribution in [2.45, 2.75) is 111 Å². The van der Waals surface area contributed by atoms with Gasteiger partial charge in [0.1, 0.15) is 5.75 Å². The van der Waals surface area contributed by atoms with Crippen molar-refractivity contribution in [3.05, 3.63) is 64.7 Å². The van der Waals surface area contributed by atoms with E-state index >= 15 is 0 Å². The number of benzene rings is 2. The van der Waals surface area contributed by atoms with Crippen molar-refractivity contribution in [2.24, 2.45) is 0 Å². The van der Waals surface area contributed by atoms with Gasteiger partial charge in [0.2, 0.25) is 0 Å². The number of unbranched alkanes of at least 4 members (excludes halogenated alkanes) is 9. The van der Waals surface area contributed by atoms with Gasteiger partial charge in [-0.2, -0.15) is 0 Å². The van der Waals surface area contributed by atoms with Crippen LogP contribution in [0, 0.1) is 0 Å². The highest BCUT2D eigenvalue weighted by Gasteiger charge is 2.20. The van der Waals surface area contributed by atoms with E-state index in [1.165, 1.54) is 68.3 Å². The lowest BCUT2D eigenvalue weighted by Crippen LogP contribution is -2.21. The first-order valence-corrected chi connectivity index (χ1v) is 16.2. The second-order valence-electron chi connectivity index (χ2n) is 12.0. The lowest BCUT2D eigenvalue weighted by molar-refractivity contribution is 0.262. The Morgan fingerprint density at radius 3 is 2.15 bits per heavy atom. The van der Waals surface area contributed by atoms with Gasteiger partial charge in [-0.1, -0.05) is 97.6 Å². The molecule has 0 saturated carbocycles. The van der Waals surface area contributed by atoms with E-state index in [1.54, 1.807) is 0 Å². The molecule has 5 nitrogen and oxygen atoms in total. The average molecular weight is 647 g/mol. The number of rotatable bonds is 16. The Kier molecular flexibility index (Phi) is 15.8. The van der Waals surface area contributed by atoms with Gasteiger partial charge >= 0.3 is 6.03 Å². The minimum atomic E-state index is -0.247. The van der Waals surface area contributed by atoms with Crippen molar-refractivity contribution in [3.8, 4) is 5.75 Å². The first kappa shape index (κ1) is 35.1. The zero-order chi connectivity index (χ0) is 28.8. The van der Waals surface area contributed by atoms with E-state index in [4.69, 9.17) is 4.74 Å². The maximum Gasteiger partial charge on any atom is 0.323 e. The van der Waals surface area contributed by atoms with E-state index in [9.17, 15) is 4.79 Å². The molecule has 2 aromatic carbocycles. The first-order valence-electron chi connectivity index (χ1n) is 15.2. The van der Waals surface area contributed by atoms with Crippen molar-refractivity contribution >= 4 is 46.1 Å². The molecule has 0 saturated heterocycles. The van der Waals surface area contributed by atoms with Crippen molar-refractivity contribution < 1.29 is 9.53 Å². The van der Waals surface area contributed by atoms with E-state index in [-0.39, 0.29) is 28.4 Å². The van der Waals surface area contributed by atoms with Gasteiger partial charge in [-0.15, -0.1) is 28.7 Å². The predicted octanol–water partition coefficient (Wildman–Crippen LogP) is 10.9. The van der Waals surface area contributed by atoms with E-state index in [1.807, 2.05) is 48.2 Å². The zero-order valence-corrected chi connectivity index (χ0v) is 28.4. The summed E-state index contributed by atoms with van der Waals surface area (Å²) in [5.74, 6) is 1.88. The molecule has 7 heteroatoms. The molecule has 1 aliphatic heterocycles.